The van der Waals surface area contributed by atoms with Gasteiger partial charge in [-0.05, 0) is 60.7 Å². The van der Waals surface area contributed by atoms with E-state index >= 15 is 0 Å². The van der Waals surface area contributed by atoms with Crippen molar-refractivity contribution in [1.29, 1.82) is 0 Å². The standard InChI is InChI=1S/C18H19BrFN/c1-2-21-18(16-11-15(19)8-9-17(16)20)14-7-6-12-4-3-5-13(12)10-14/h6-11,18,21H,2-5H2,1H3. The highest BCUT2D eigenvalue weighted by Gasteiger charge is 2.20. The summed E-state index contributed by atoms with van der Waals surface area (Å²) in [6.07, 6.45) is 3.55. The molecule has 0 spiro atoms. The zero-order chi connectivity index (χ0) is 14.8. The van der Waals surface area contributed by atoms with Crippen LogP contribution in [0, 0.1) is 5.82 Å². The van der Waals surface area contributed by atoms with Crippen LogP contribution in [-0.2, 0) is 12.8 Å². The minimum absolute atomic E-state index is 0.0987. The van der Waals surface area contributed by atoms with Crippen molar-refractivity contribution in [3.63, 3.8) is 0 Å². The normalized spacial score (nSPS) is 15.0. The molecule has 2 aromatic carbocycles. The second-order valence-corrected chi connectivity index (χ2v) is 6.45. The van der Waals surface area contributed by atoms with Gasteiger partial charge in [-0.2, -0.15) is 0 Å². The zero-order valence-electron chi connectivity index (χ0n) is 12.1. The molecule has 3 rings (SSSR count). The molecule has 0 aromatic heterocycles. The lowest BCUT2D eigenvalue weighted by Gasteiger charge is -2.21. The zero-order valence-corrected chi connectivity index (χ0v) is 13.7. The first-order valence-electron chi connectivity index (χ1n) is 7.49. The average Bonchev–Trinajstić information content (AvgIpc) is 2.95. The second-order valence-electron chi connectivity index (χ2n) is 5.54. The summed E-state index contributed by atoms with van der Waals surface area (Å²) < 4.78 is 15.1. The van der Waals surface area contributed by atoms with E-state index in [-0.39, 0.29) is 11.9 Å². The van der Waals surface area contributed by atoms with Crippen LogP contribution < -0.4 is 5.32 Å². The smallest absolute Gasteiger partial charge is 0.128 e. The van der Waals surface area contributed by atoms with E-state index in [1.54, 1.807) is 6.07 Å². The monoisotopic (exact) mass is 347 g/mol. The maximum Gasteiger partial charge on any atom is 0.128 e. The molecule has 1 aliphatic rings. The highest BCUT2D eigenvalue weighted by Crippen LogP contribution is 2.30. The molecule has 1 nitrogen and oxygen atoms in total. The van der Waals surface area contributed by atoms with Gasteiger partial charge in [0.05, 0.1) is 6.04 Å². The van der Waals surface area contributed by atoms with Gasteiger partial charge in [0.2, 0.25) is 0 Å². The lowest BCUT2D eigenvalue weighted by atomic mass is 9.95. The topological polar surface area (TPSA) is 12.0 Å². The molecular weight excluding hydrogens is 329 g/mol. The molecule has 1 N–H and O–H groups in total. The number of rotatable bonds is 4. The van der Waals surface area contributed by atoms with Crippen molar-refractivity contribution in [3.05, 3.63) is 68.9 Å². The summed E-state index contributed by atoms with van der Waals surface area (Å²) in [4.78, 5) is 0. The van der Waals surface area contributed by atoms with Gasteiger partial charge in [-0.15, -0.1) is 0 Å². The van der Waals surface area contributed by atoms with E-state index in [1.165, 1.54) is 30.0 Å². The first kappa shape index (κ1) is 14.7. The maximum atomic E-state index is 14.2. The quantitative estimate of drug-likeness (QED) is 0.839. The highest BCUT2D eigenvalue weighted by molar-refractivity contribution is 9.10. The van der Waals surface area contributed by atoms with Crippen LogP contribution in [0.25, 0.3) is 0 Å². The second kappa shape index (κ2) is 6.29. The average molecular weight is 348 g/mol. The Kier molecular flexibility index (Phi) is 4.41. The van der Waals surface area contributed by atoms with Crippen LogP contribution >= 0.6 is 15.9 Å². The van der Waals surface area contributed by atoms with Crippen molar-refractivity contribution in [2.45, 2.75) is 32.2 Å². The van der Waals surface area contributed by atoms with E-state index in [0.29, 0.717) is 5.56 Å². The number of aryl methyl sites for hydroxylation is 2. The van der Waals surface area contributed by atoms with Crippen LogP contribution in [0.2, 0.25) is 0 Å². The maximum absolute atomic E-state index is 14.2. The molecule has 21 heavy (non-hydrogen) atoms. The van der Waals surface area contributed by atoms with Gasteiger partial charge in [0.1, 0.15) is 5.82 Å². The largest absolute Gasteiger partial charge is 0.306 e. The molecule has 1 aliphatic carbocycles. The van der Waals surface area contributed by atoms with Crippen LogP contribution in [0.4, 0.5) is 4.39 Å². The fraction of sp³-hybridized carbons (Fsp3) is 0.333. The summed E-state index contributed by atoms with van der Waals surface area (Å²) >= 11 is 3.44. The summed E-state index contributed by atoms with van der Waals surface area (Å²) in [5.41, 5.74) is 4.72. The molecule has 1 atom stereocenters. The first-order chi connectivity index (χ1) is 10.2. The van der Waals surface area contributed by atoms with E-state index in [1.807, 2.05) is 6.07 Å². The molecule has 0 amide bonds. The molecule has 0 radical (unpaired) electrons. The van der Waals surface area contributed by atoms with Crippen molar-refractivity contribution in [1.82, 2.24) is 5.32 Å². The molecule has 1 unspecified atom stereocenters. The van der Waals surface area contributed by atoms with Crippen molar-refractivity contribution >= 4 is 15.9 Å². The Hall–Kier alpha value is -1.19. The van der Waals surface area contributed by atoms with Gasteiger partial charge in [0.25, 0.3) is 0 Å². The third kappa shape index (κ3) is 3.04. The summed E-state index contributed by atoms with van der Waals surface area (Å²) in [7, 11) is 0. The Balaban J connectivity index is 2.03. The fourth-order valence-corrected chi connectivity index (χ4v) is 3.50. The van der Waals surface area contributed by atoms with Crippen LogP contribution in [0.1, 0.15) is 41.6 Å². The Labute approximate surface area is 133 Å². The third-order valence-electron chi connectivity index (χ3n) is 4.13. The van der Waals surface area contributed by atoms with Gasteiger partial charge >= 0.3 is 0 Å². The van der Waals surface area contributed by atoms with Crippen molar-refractivity contribution in [2.24, 2.45) is 0 Å². The van der Waals surface area contributed by atoms with E-state index in [9.17, 15) is 4.39 Å². The lowest BCUT2D eigenvalue weighted by Crippen LogP contribution is -2.23. The third-order valence-corrected chi connectivity index (χ3v) is 4.63. The molecule has 110 valence electrons. The van der Waals surface area contributed by atoms with E-state index in [0.717, 1.165) is 23.0 Å². The highest BCUT2D eigenvalue weighted by atomic mass is 79.9. The Morgan fingerprint density at radius 3 is 2.76 bits per heavy atom. The fourth-order valence-electron chi connectivity index (χ4n) is 3.12. The minimum atomic E-state index is -0.162. The molecule has 0 heterocycles. The number of hydrogen-bond acceptors (Lipinski definition) is 1. The number of nitrogens with one attached hydrogen (secondary N) is 1. The minimum Gasteiger partial charge on any atom is -0.306 e. The molecule has 2 aromatic rings. The van der Waals surface area contributed by atoms with Crippen LogP contribution in [0.3, 0.4) is 0 Å². The number of benzene rings is 2. The van der Waals surface area contributed by atoms with E-state index in [4.69, 9.17) is 0 Å². The van der Waals surface area contributed by atoms with Gasteiger partial charge in [-0.25, -0.2) is 4.39 Å². The van der Waals surface area contributed by atoms with Crippen molar-refractivity contribution < 1.29 is 4.39 Å². The molecule has 0 bridgehead atoms. The van der Waals surface area contributed by atoms with E-state index in [2.05, 4.69) is 46.4 Å². The van der Waals surface area contributed by atoms with Gasteiger partial charge in [-0.1, -0.05) is 41.1 Å². The predicted molar refractivity (Wildman–Crippen MR) is 88.1 cm³/mol. The molecular formula is C18H19BrFN. The van der Waals surface area contributed by atoms with Crippen LogP contribution in [0.15, 0.2) is 40.9 Å². The van der Waals surface area contributed by atoms with Crippen molar-refractivity contribution in [3.8, 4) is 0 Å². The molecule has 0 saturated heterocycles. The Bertz CT molecular complexity index is 654. The number of halogens is 2. The van der Waals surface area contributed by atoms with Gasteiger partial charge < -0.3 is 5.32 Å². The van der Waals surface area contributed by atoms with Crippen LogP contribution in [0.5, 0.6) is 0 Å². The number of fused-ring (bicyclic) bond motifs is 1. The summed E-state index contributed by atoms with van der Waals surface area (Å²) in [5.74, 6) is -0.162. The Morgan fingerprint density at radius 2 is 1.95 bits per heavy atom. The molecule has 3 heteroatoms. The SMILES string of the molecule is CCNC(c1ccc2c(c1)CCC2)c1cc(Br)ccc1F. The van der Waals surface area contributed by atoms with Crippen molar-refractivity contribution in [2.75, 3.05) is 6.54 Å². The Morgan fingerprint density at radius 1 is 1.14 bits per heavy atom. The predicted octanol–water partition coefficient (Wildman–Crippen LogP) is 4.78. The summed E-state index contributed by atoms with van der Waals surface area (Å²) in [6.45, 7) is 2.85. The number of hydrogen-bond donors (Lipinski definition) is 1. The summed E-state index contributed by atoms with van der Waals surface area (Å²) in [5, 5.41) is 3.41. The van der Waals surface area contributed by atoms with Gasteiger partial charge in [0.15, 0.2) is 0 Å². The summed E-state index contributed by atoms with van der Waals surface area (Å²) in [6, 6.07) is 11.6. The van der Waals surface area contributed by atoms with Gasteiger partial charge in [0, 0.05) is 10.0 Å². The molecule has 0 saturated carbocycles. The van der Waals surface area contributed by atoms with Gasteiger partial charge in [-0.3, -0.25) is 0 Å². The molecule has 0 fully saturated rings. The van der Waals surface area contributed by atoms with E-state index < -0.39 is 0 Å². The first-order valence-corrected chi connectivity index (χ1v) is 8.28. The molecule has 0 aliphatic heterocycles. The lowest BCUT2D eigenvalue weighted by molar-refractivity contribution is 0.558. The van der Waals surface area contributed by atoms with Crippen LogP contribution in [-0.4, -0.2) is 6.54 Å².